The quantitative estimate of drug-likeness (QED) is 0.365. The molecule has 244 valence electrons. The number of carbonyl (C=O) groups is 1. The van der Waals surface area contributed by atoms with Crippen molar-refractivity contribution in [2.45, 2.75) is 143 Å². The summed E-state index contributed by atoms with van der Waals surface area (Å²) >= 11 is 0. The molecule has 0 saturated heterocycles. The summed E-state index contributed by atoms with van der Waals surface area (Å²) in [5.74, 6) is 1.95. The van der Waals surface area contributed by atoms with Crippen LogP contribution in [-0.2, 0) is 15.6 Å². The first-order valence-electron chi connectivity index (χ1n) is 17.5. The molecule has 4 aliphatic rings. The minimum Gasteiger partial charge on any atom is -0.508 e. The molecule has 2 aromatic carbocycles. The average Bonchev–Trinajstić information content (AvgIpc) is 2.93. The molecule has 5 atom stereocenters. The van der Waals surface area contributed by atoms with Crippen molar-refractivity contribution < 1.29 is 19.4 Å². The molecule has 2 saturated carbocycles. The van der Waals surface area contributed by atoms with E-state index < -0.39 is 0 Å². The fourth-order valence-electron chi connectivity index (χ4n) is 10.5. The minimum atomic E-state index is -0.286. The van der Waals surface area contributed by atoms with E-state index in [1.54, 1.807) is 0 Å². The lowest BCUT2D eigenvalue weighted by Gasteiger charge is -2.58. The van der Waals surface area contributed by atoms with Gasteiger partial charge in [0.1, 0.15) is 23.7 Å². The van der Waals surface area contributed by atoms with E-state index in [4.69, 9.17) is 9.47 Å². The topological polar surface area (TPSA) is 55.8 Å². The second-order valence-corrected chi connectivity index (χ2v) is 17.2. The van der Waals surface area contributed by atoms with Crippen LogP contribution in [0, 0.1) is 16.7 Å². The van der Waals surface area contributed by atoms with Crippen LogP contribution in [0.5, 0.6) is 11.5 Å². The number of benzene rings is 2. The zero-order chi connectivity index (χ0) is 32.9. The van der Waals surface area contributed by atoms with Crippen molar-refractivity contribution in [3.05, 3.63) is 69.3 Å². The van der Waals surface area contributed by atoms with Gasteiger partial charge in [-0.1, -0.05) is 87.7 Å². The fourth-order valence-corrected chi connectivity index (χ4v) is 10.5. The van der Waals surface area contributed by atoms with Crippen molar-refractivity contribution in [2.75, 3.05) is 7.11 Å². The Balaban J connectivity index is 1.56. The Kier molecular flexibility index (Phi) is 7.71. The van der Waals surface area contributed by atoms with Crippen LogP contribution >= 0.6 is 0 Å². The van der Waals surface area contributed by atoms with Crippen molar-refractivity contribution in [3.63, 3.8) is 0 Å². The second-order valence-electron chi connectivity index (χ2n) is 17.2. The van der Waals surface area contributed by atoms with E-state index in [9.17, 15) is 9.90 Å². The highest BCUT2D eigenvalue weighted by Crippen LogP contribution is 2.62. The predicted octanol–water partition coefficient (Wildman–Crippen LogP) is 10.5. The first-order valence-corrected chi connectivity index (χ1v) is 17.5. The van der Waals surface area contributed by atoms with Gasteiger partial charge in [-0.05, 0) is 112 Å². The molecule has 0 radical (unpaired) electrons. The third-order valence-corrected chi connectivity index (χ3v) is 12.6. The first kappa shape index (κ1) is 32.4. The summed E-state index contributed by atoms with van der Waals surface area (Å²) in [4.78, 5) is 13.8. The van der Waals surface area contributed by atoms with Crippen LogP contribution in [0.1, 0.15) is 164 Å². The first-order chi connectivity index (χ1) is 21.0. The van der Waals surface area contributed by atoms with Crippen LogP contribution in [0.15, 0.2) is 35.9 Å². The summed E-state index contributed by atoms with van der Waals surface area (Å²) in [6.45, 7) is 22.8. The number of methoxy groups -OCH3 is 1. The van der Waals surface area contributed by atoms with Crippen molar-refractivity contribution in [1.29, 1.82) is 0 Å². The summed E-state index contributed by atoms with van der Waals surface area (Å²) in [7, 11) is 1.81. The lowest BCUT2D eigenvalue weighted by atomic mass is 9.49. The van der Waals surface area contributed by atoms with Crippen LogP contribution < -0.4 is 4.74 Å². The second kappa shape index (κ2) is 10.7. The van der Waals surface area contributed by atoms with Crippen molar-refractivity contribution in [1.82, 2.24) is 0 Å². The fraction of sp³-hybridized carbons (Fsp3) is 0.634. The number of allylic oxidation sites excluding steroid dienone is 2. The number of phenolic OH excluding ortho intramolecular Hbond substituents is 1. The number of ketones is 1. The summed E-state index contributed by atoms with van der Waals surface area (Å²) in [6.07, 6.45) is 8.02. The van der Waals surface area contributed by atoms with Gasteiger partial charge in [0.25, 0.3) is 0 Å². The molecule has 0 bridgehead atoms. The maximum Gasteiger partial charge on any atom is 0.186 e. The Morgan fingerprint density at radius 3 is 2.13 bits per heavy atom. The SMILES string of the molecule is CO[C@@H]1c2cc(C(C)C)c(O)cc2[C@@]2(C)CCCC(C)(C)C2[C@H]1Oc1cc2c(cc1C(C)C)C(=O)C=C1C(C)(C)CCC[C@@]12C. The number of aromatic hydroxyl groups is 1. The number of phenols is 1. The van der Waals surface area contributed by atoms with Gasteiger partial charge in [0.2, 0.25) is 0 Å². The summed E-state index contributed by atoms with van der Waals surface area (Å²) < 4.78 is 13.9. The van der Waals surface area contributed by atoms with Crippen molar-refractivity contribution >= 4 is 5.78 Å². The minimum absolute atomic E-state index is 0.00404. The van der Waals surface area contributed by atoms with E-state index in [0.29, 0.717) is 5.75 Å². The standard InChI is InChI=1S/C41H56O4/c1-23(2)25-18-28-29(20-31(25)42)41(10)17-13-15-39(7,8)37(41)36(35(28)44-11)45-33-21-30-27(19-26(33)24(3)4)32(43)22-34-38(5,6)14-12-16-40(30,34)9/h18-24,35-37,42H,12-17H2,1-11H3/t35-,36+,37?,40-,41-/m1/s1. The van der Waals surface area contributed by atoms with Crippen LogP contribution in [0.4, 0.5) is 0 Å². The molecule has 2 aromatic rings. The number of carbonyl (C=O) groups excluding carboxylic acids is 1. The monoisotopic (exact) mass is 612 g/mol. The highest BCUT2D eigenvalue weighted by Gasteiger charge is 2.59. The molecule has 0 aliphatic heterocycles. The van der Waals surface area contributed by atoms with E-state index in [1.807, 2.05) is 19.3 Å². The molecular formula is C41H56O4. The summed E-state index contributed by atoms with van der Waals surface area (Å²) in [6, 6.07) is 8.64. The van der Waals surface area contributed by atoms with E-state index >= 15 is 0 Å². The summed E-state index contributed by atoms with van der Waals surface area (Å²) in [5.41, 5.74) is 7.23. The zero-order valence-corrected chi connectivity index (χ0v) is 29.7. The molecule has 1 N–H and O–H groups in total. The van der Waals surface area contributed by atoms with E-state index in [1.165, 1.54) is 11.1 Å². The number of rotatable bonds is 5. The van der Waals surface area contributed by atoms with E-state index in [-0.39, 0.29) is 57.4 Å². The van der Waals surface area contributed by atoms with Gasteiger partial charge < -0.3 is 14.6 Å². The molecule has 4 nitrogen and oxygen atoms in total. The van der Waals surface area contributed by atoms with Crippen LogP contribution in [0.3, 0.4) is 0 Å². The Morgan fingerprint density at radius 2 is 1.49 bits per heavy atom. The molecule has 0 aromatic heterocycles. The number of fused-ring (bicyclic) bond motifs is 6. The number of ether oxygens (including phenoxy) is 2. The Hall–Kier alpha value is -2.59. The van der Waals surface area contributed by atoms with E-state index in [0.717, 1.165) is 72.1 Å². The van der Waals surface area contributed by atoms with Crippen molar-refractivity contribution in [2.24, 2.45) is 16.7 Å². The van der Waals surface area contributed by atoms with Crippen molar-refractivity contribution in [3.8, 4) is 11.5 Å². The maximum atomic E-state index is 13.8. The van der Waals surface area contributed by atoms with Gasteiger partial charge in [-0.25, -0.2) is 0 Å². The summed E-state index contributed by atoms with van der Waals surface area (Å²) in [5, 5.41) is 11.2. The third kappa shape index (κ3) is 4.83. The molecule has 0 amide bonds. The highest BCUT2D eigenvalue weighted by molar-refractivity contribution is 6.08. The lowest BCUT2D eigenvalue weighted by Crippen LogP contribution is -2.58. The molecule has 4 heteroatoms. The molecule has 6 rings (SSSR count). The van der Waals surface area contributed by atoms with Gasteiger partial charge in [-0.3, -0.25) is 4.79 Å². The van der Waals surface area contributed by atoms with Gasteiger partial charge in [0.15, 0.2) is 5.78 Å². The Labute approximate surface area is 272 Å². The number of hydrogen-bond donors (Lipinski definition) is 1. The van der Waals surface area contributed by atoms with Crippen LogP contribution in [-0.4, -0.2) is 24.1 Å². The predicted molar refractivity (Wildman–Crippen MR) is 183 cm³/mol. The highest BCUT2D eigenvalue weighted by atomic mass is 16.5. The zero-order valence-electron chi connectivity index (χ0n) is 29.7. The normalized spacial score (nSPS) is 31.5. The largest absolute Gasteiger partial charge is 0.508 e. The lowest BCUT2D eigenvalue weighted by molar-refractivity contribution is -0.113. The molecule has 0 spiro atoms. The van der Waals surface area contributed by atoms with Gasteiger partial charge in [0.05, 0.1) is 0 Å². The Morgan fingerprint density at radius 1 is 0.822 bits per heavy atom. The smallest absolute Gasteiger partial charge is 0.186 e. The van der Waals surface area contributed by atoms with E-state index in [2.05, 4.69) is 87.4 Å². The molecule has 1 unspecified atom stereocenters. The molecular weight excluding hydrogens is 556 g/mol. The molecule has 4 aliphatic carbocycles. The van der Waals surface area contributed by atoms with Gasteiger partial charge in [-0.15, -0.1) is 0 Å². The average molecular weight is 613 g/mol. The molecule has 45 heavy (non-hydrogen) atoms. The number of hydrogen-bond acceptors (Lipinski definition) is 4. The van der Waals surface area contributed by atoms with Crippen LogP contribution in [0.25, 0.3) is 0 Å². The van der Waals surface area contributed by atoms with Gasteiger partial charge >= 0.3 is 0 Å². The third-order valence-electron chi connectivity index (χ3n) is 12.6. The van der Waals surface area contributed by atoms with Gasteiger partial charge in [-0.2, -0.15) is 0 Å². The molecule has 0 heterocycles. The Bertz CT molecular complexity index is 1560. The molecule has 2 fully saturated rings. The van der Waals surface area contributed by atoms with Gasteiger partial charge in [0, 0.05) is 24.0 Å². The van der Waals surface area contributed by atoms with Crippen LogP contribution in [0.2, 0.25) is 0 Å². The maximum absolute atomic E-state index is 13.8.